The molecule has 3 fully saturated rings. The number of fused-ring (bicyclic) bond motifs is 1. The number of ketones is 1. The van der Waals surface area contributed by atoms with E-state index in [0.717, 1.165) is 43.6 Å². The van der Waals surface area contributed by atoms with Crippen LogP contribution in [0.1, 0.15) is 68.1 Å². The molecule has 6 unspecified atom stereocenters. The molecule has 7 heteroatoms. The number of carbonyl (C=O) groups excluding carboxylic acids is 2. The van der Waals surface area contributed by atoms with Gasteiger partial charge in [0.15, 0.2) is 5.78 Å². The van der Waals surface area contributed by atoms with Crippen LogP contribution in [0.15, 0.2) is 66.8 Å². The summed E-state index contributed by atoms with van der Waals surface area (Å²) in [5.74, 6) is 3.00. The fraction of sp³-hybridized carbons (Fsp3) is 0.500. The first-order valence-electron chi connectivity index (χ1n) is 15.6. The minimum absolute atomic E-state index is 0.0368. The lowest BCUT2D eigenvalue weighted by Crippen LogP contribution is -2.19. The monoisotopic (exact) mass is 591 g/mol. The number of methoxy groups -OCH3 is 1. The maximum absolute atomic E-state index is 13.3. The highest BCUT2D eigenvalue weighted by molar-refractivity contribution is 6.20. The van der Waals surface area contributed by atoms with Gasteiger partial charge in [0.05, 0.1) is 18.7 Å². The van der Waals surface area contributed by atoms with E-state index in [1.54, 1.807) is 12.0 Å². The standard InChI is InChI=1S/C36H40F3NO3/c1-22(27-7-4-8-28(19-27)36(37,38)39)33(41)20-29-21-40(29)35(42)34-31-14-11-26(18-32(31)34)17-25-6-3-5-24(16-25)15-23-9-12-30(43-2)13-10-23/h4,7-13,19,24-25,29,31-32,34H,1,3,5-6,14-18,20-21H2,2H3. The van der Waals surface area contributed by atoms with E-state index in [2.05, 4.69) is 24.8 Å². The molecular weight excluding hydrogens is 551 g/mol. The molecule has 4 aliphatic rings. The van der Waals surface area contributed by atoms with Crippen molar-refractivity contribution in [2.24, 2.45) is 29.6 Å². The molecule has 3 aliphatic carbocycles. The summed E-state index contributed by atoms with van der Waals surface area (Å²) in [6, 6.07) is 13.0. The first kappa shape index (κ1) is 29.7. The second-order valence-electron chi connectivity index (χ2n) is 13.1. The van der Waals surface area contributed by atoms with Gasteiger partial charge in [-0.2, -0.15) is 13.2 Å². The molecule has 4 nitrogen and oxygen atoms in total. The van der Waals surface area contributed by atoms with Crippen LogP contribution in [0.3, 0.4) is 0 Å². The number of amides is 1. The van der Waals surface area contributed by atoms with Gasteiger partial charge in [0.1, 0.15) is 5.75 Å². The summed E-state index contributed by atoms with van der Waals surface area (Å²) in [4.78, 5) is 27.9. The average molecular weight is 592 g/mol. The highest BCUT2D eigenvalue weighted by Crippen LogP contribution is 2.57. The Balaban J connectivity index is 0.954. The summed E-state index contributed by atoms with van der Waals surface area (Å²) in [7, 11) is 1.69. The van der Waals surface area contributed by atoms with Crippen molar-refractivity contribution >= 4 is 17.3 Å². The molecule has 1 aliphatic heterocycles. The lowest BCUT2D eigenvalue weighted by molar-refractivity contribution is -0.137. The number of nitrogens with zero attached hydrogens (tertiary/aromatic N) is 1. The zero-order valence-electron chi connectivity index (χ0n) is 24.7. The fourth-order valence-corrected chi connectivity index (χ4v) is 7.70. The molecule has 6 atom stereocenters. The van der Waals surface area contributed by atoms with Gasteiger partial charge >= 0.3 is 6.18 Å². The minimum atomic E-state index is -4.48. The normalized spacial score (nSPS) is 28.0. The number of Topliss-reactive ketones (excluding diaryl/α,β-unsaturated/α-hetero) is 1. The van der Waals surface area contributed by atoms with Crippen LogP contribution in [0.25, 0.3) is 5.57 Å². The smallest absolute Gasteiger partial charge is 0.416 e. The van der Waals surface area contributed by atoms with Gasteiger partial charge in [-0.25, -0.2) is 0 Å². The maximum atomic E-state index is 13.3. The van der Waals surface area contributed by atoms with E-state index in [1.165, 1.54) is 49.0 Å². The topological polar surface area (TPSA) is 46.4 Å². The van der Waals surface area contributed by atoms with E-state index in [4.69, 9.17) is 4.74 Å². The Morgan fingerprint density at radius 3 is 2.49 bits per heavy atom. The quantitative estimate of drug-likeness (QED) is 0.160. The Kier molecular flexibility index (Phi) is 8.27. The average Bonchev–Trinajstić information content (AvgIpc) is 3.92. The highest BCUT2D eigenvalue weighted by Gasteiger charge is 2.59. The molecule has 6 rings (SSSR count). The molecule has 2 saturated carbocycles. The predicted octanol–water partition coefficient (Wildman–Crippen LogP) is 7.92. The Bertz CT molecular complexity index is 1410. The third-order valence-electron chi connectivity index (χ3n) is 10.2. The summed E-state index contributed by atoms with van der Waals surface area (Å²) in [6.45, 7) is 4.30. The number of alkyl halides is 3. The number of ether oxygens (including phenoxy) is 1. The van der Waals surface area contributed by atoms with Gasteiger partial charge in [-0.05, 0) is 91.2 Å². The van der Waals surface area contributed by atoms with E-state index in [9.17, 15) is 22.8 Å². The number of allylic oxidation sites excluding steroid dienone is 3. The first-order chi connectivity index (χ1) is 20.6. The van der Waals surface area contributed by atoms with Gasteiger partial charge in [0.25, 0.3) is 0 Å². The molecular formula is C36H40F3NO3. The van der Waals surface area contributed by atoms with E-state index in [1.807, 2.05) is 12.1 Å². The van der Waals surface area contributed by atoms with Crippen LogP contribution in [0.4, 0.5) is 13.2 Å². The van der Waals surface area contributed by atoms with Gasteiger partial charge in [0.2, 0.25) is 5.91 Å². The van der Waals surface area contributed by atoms with Crippen molar-refractivity contribution in [3.05, 3.63) is 83.4 Å². The van der Waals surface area contributed by atoms with E-state index in [-0.39, 0.29) is 41.2 Å². The zero-order valence-corrected chi connectivity index (χ0v) is 24.7. The molecule has 0 spiro atoms. The summed E-state index contributed by atoms with van der Waals surface area (Å²) >= 11 is 0. The van der Waals surface area contributed by atoms with Gasteiger partial charge in [-0.1, -0.05) is 61.8 Å². The molecule has 0 N–H and O–H groups in total. The van der Waals surface area contributed by atoms with Crippen molar-refractivity contribution in [3.63, 3.8) is 0 Å². The lowest BCUT2D eigenvalue weighted by Gasteiger charge is -2.30. The number of benzene rings is 2. The van der Waals surface area contributed by atoms with Gasteiger partial charge in [0, 0.05) is 24.5 Å². The zero-order chi connectivity index (χ0) is 30.3. The van der Waals surface area contributed by atoms with E-state index < -0.39 is 11.7 Å². The van der Waals surface area contributed by atoms with Gasteiger partial charge in [-0.15, -0.1) is 0 Å². The van der Waals surface area contributed by atoms with Crippen LogP contribution in [0.2, 0.25) is 0 Å². The number of halogens is 3. The number of rotatable bonds is 10. The molecule has 0 bridgehead atoms. The van der Waals surface area contributed by atoms with Crippen molar-refractivity contribution in [1.82, 2.24) is 4.90 Å². The molecule has 43 heavy (non-hydrogen) atoms. The molecule has 0 aromatic heterocycles. The van der Waals surface area contributed by atoms with E-state index in [0.29, 0.717) is 30.2 Å². The molecule has 1 heterocycles. The number of carbonyl (C=O) groups is 2. The van der Waals surface area contributed by atoms with Gasteiger partial charge in [-0.3, -0.25) is 9.59 Å². The lowest BCUT2D eigenvalue weighted by atomic mass is 9.75. The molecule has 1 amide bonds. The third kappa shape index (κ3) is 6.76. The molecule has 0 radical (unpaired) electrons. The van der Waals surface area contributed by atoms with Crippen molar-refractivity contribution in [2.75, 3.05) is 13.7 Å². The first-order valence-corrected chi connectivity index (χ1v) is 15.6. The molecule has 2 aromatic rings. The fourth-order valence-electron chi connectivity index (χ4n) is 7.70. The SMILES string of the molecule is C=C(C(=O)CC1CN1C(=O)C1C2CC=C(CC3CCCC(Cc4ccc(OC)cc4)C3)CC21)c1cccc(C(F)(F)F)c1. The second kappa shape index (κ2) is 12.0. The van der Waals surface area contributed by atoms with Crippen molar-refractivity contribution < 1.29 is 27.5 Å². The van der Waals surface area contributed by atoms with Crippen LogP contribution >= 0.6 is 0 Å². The Morgan fingerprint density at radius 2 is 1.77 bits per heavy atom. The molecule has 1 saturated heterocycles. The van der Waals surface area contributed by atoms with Gasteiger partial charge < -0.3 is 9.64 Å². The van der Waals surface area contributed by atoms with Crippen LogP contribution < -0.4 is 4.74 Å². The van der Waals surface area contributed by atoms with Crippen LogP contribution in [-0.2, 0) is 22.2 Å². The Hall–Kier alpha value is -3.35. The maximum Gasteiger partial charge on any atom is 0.416 e. The minimum Gasteiger partial charge on any atom is -0.497 e. The van der Waals surface area contributed by atoms with E-state index >= 15 is 0 Å². The Morgan fingerprint density at radius 1 is 1.02 bits per heavy atom. The molecule has 2 aromatic carbocycles. The van der Waals surface area contributed by atoms with Crippen LogP contribution in [0.5, 0.6) is 5.75 Å². The summed E-state index contributed by atoms with van der Waals surface area (Å²) < 4.78 is 44.5. The largest absolute Gasteiger partial charge is 0.497 e. The van der Waals surface area contributed by atoms with Crippen molar-refractivity contribution in [2.45, 2.75) is 70.0 Å². The Labute approximate surface area is 252 Å². The summed E-state index contributed by atoms with van der Waals surface area (Å²) in [6.07, 6.45) is 7.34. The third-order valence-corrected chi connectivity index (χ3v) is 10.2. The number of hydrogen-bond acceptors (Lipinski definition) is 3. The highest BCUT2D eigenvalue weighted by atomic mass is 19.4. The second-order valence-corrected chi connectivity index (χ2v) is 13.1. The number of hydrogen-bond donors (Lipinski definition) is 0. The summed E-state index contributed by atoms with van der Waals surface area (Å²) in [5.41, 5.74) is 2.33. The van der Waals surface area contributed by atoms with Crippen molar-refractivity contribution in [3.8, 4) is 5.75 Å². The summed E-state index contributed by atoms with van der Waals surface area (Å²) in [5, 5.41) is 0. The van der Waals surface area contributed by atoms with Crippen LogP contribution in [0, 0.1) is 29.6 Å². The molecule has 228 valence electrons. The predicted molar refractivity (Wildman–Crippen MR) is 160 cm³/mol. The van der Waals surface area contributed by atoms with Crippen LogP contribution in [-0.4, -0.2) is 36.3 Å². The van der Waals surface area contributed by atoms with Crippen molar-refractivity contribution in [1.29, 1.82) is 0 Å².